The lowest BCUT2D eigenvalue weighted by atomic mass is 10.1. The lowest BCUT2D eigenvalue weighted by Crippen LogP contribution is -2.25. The zero-order valence-corrected chi connectivity index (χ0v) is 16.0. The molecule has 0 aliphatic carbocycles. The monoisotopic (exact) mass is 375 g/mol. The summed E-state index contributed by atoms with van der Waals surface area (Å²) in [5, 5.41) is 9.03. The van der Waals surface area contributed by atoms with Crippen LogP contribution in [0.4, 0.5) is 0 Å². The van der Waals surface area contributed by atoms with Gasteiger partial charge >= 0.3 is 5.97 Å². The average molecular weight is 375 g/mol. The zero-order valence-electron chi connectivity index (χ0n) is 16.0. The average Bonchev–Trinajstić information content (AvgIpc) is 3.11. The summed E-state index contributed by atoms with van der Waals surface area (Å²) in [6.07, 6.45) is 4.29. The first-order valence-corrected chi connectivity index (χ1v) is 9.40. The first-order chi connectivity index (χ1) is 13.6. The summed E-state index contributed by atoms with van der Waals surface area (Å²) < 4.78 is 5.65. The van der Waals surface area contributed by atoms with E-state index in [9.17, 15) is 4.79 Å². The minimum absolute atomic E-state index is 0.109. The second-order valence-electron chi connectivity index (χ2n) is 6.85. The Morgan fingerprint density at radius 1 is 0.929 bits per heavy atom. The smallest absolute Gasteiger partial charge is 0.304 e. The second-order valence-corrected chi connectivity index (χ2v) is 6.85. The van der Waals surface area contributed by atoms with Gasteiger partial charge in [0.25, 0.3) is 0 Å². The Hall–Kier alpha value is -3.11. The SMILES string of the molecule is Cc1ccc(CN(CCC(=O)O)Cc2ccc(/C=C/c3ccccc3)cc2)o1. The van der Waals surface area contributed by atoms with Crippen LogP contribution >= 0.6 is 0 Å². The summed E-state index contributed by atoms with van der Waals surface area (Å²) in [5.74, 6) is 0.926. The lowest BCUT2D eigenvalue weighted by molar-refractivity contribution is -0.137. The standard InChI is InChI=1S/C24H25NO3/c1-19-7-14-23(28-19)18-25(16-15-24(26)27)17-22-12-10-21(11-13-22)9-8-20-5-3-2-4-6-20/h2-14H,15-18H2,1H3,(H,26,27)/b9-8+. The van der Waals surface area contributed by atoms with Gasteiger partial charge < -0.3 is 9.52 Å². The van der Waals surface area contributed by atoms with Gasteiger partial charge in [-0.05, 0) is 35.7 Å². The maximum atomic E-state index is 11.0. The van der Waals surface area contributed by atoms with Crippen molar-refractivity contribution in [1.82, 2.24) is 4.90 Å². The van der Waals surface area contributed by atoms with Crippen molar-refractivity contribution in [3.8, 4) is 0 Å². The maximum Gasteiger partial charge on any atom is 0.304 e. The van der Waals surface area contributed by atoms with E-state index in [0.717, 1.165) is 22.6 Å². The van der Waals surface area contributed by atoms with Gasteiger partial charge in [0.15, 0.2) is 0 Å². The van der Waals surface area contributed by atoms with Crippen LogP contribution in [0.25, 0.3) is 12.2 Å². The zero-order chi connectivity index (χ0) is 19.8. The number of carbonyl (C=O) groups is 1. The van der Waals surface area contributed by atoms with Crippen molar-refractivity contribution < 1.29 is 14.3 Å². The molecule has 0 spiro atoms. The van der Waals surface area contributed by atoms with E-state index >= 15 is 0 Å². The maximum absolute atomic E-state index is 11.0. The molecule has 1 aromatic heterocycles. The third-order valence-corrected chi connectivity index (χ3v) is 4.47. The highest BCUT2D eigenvalue weighted by molar-refractivity contribution is 5.69. The van der Waals surface area contributed by atoms with Gasteiger partial charge in [-0.25, -0.2) is 0 Å². The number of benzene rings is 2. The summed E-state index contributed by atoms with van der Waals surface area (Å²) >= 11 is 0. The molecule has 3 rings (SSSR count). The van der Waals surface area contributed by atoms with Crippen LogP contribution in [0.5, 0.6) is 0 Å². The Labute approximate surface area is 165 Å². The van der Waals surface area contributed by atoms with E-state index in [2.05, 4.69) is 53.5 Å². The van der Waals surface area contributed by atoms with Gasteiger partial charge in [0.1, 0.15) is 11.5 Å². The van der Waals surface area contributed by atoms with E-state index in [-0.39, 0.29) is 6.42 Å². The van der Waals surface area contributed by atoms with Gasteiger partial charge in [0, 0.05) is 13.1 Å². The molecule has 2 aromatic carbocycles. The number of aliphatic carboxylic acids is 1. The molecule has 0 atom stereocenters. The summed E-state index contributed by atoms with van der Waals surface area (Å²) in [6.45, 7) is 3.66. The Balaban J connectivity index is 1.64. The molecule has 0 fully saturated rings. The van der Waals surface area contributed by atoms with E-state index in [4.69, 9.17) is 9.52 Å². The Bertz CT molecular complexity index is 911. The molecule has 0 amide bonds. The van der Waals surface area contributed by atoms with Crippen LogP contribution in [0.2, 0.25) is 0 Å². The fourth-order valence-corrected chi connectivity index (χ4v) is 3.01. The number of hydrogen-bond donors (Lipinski definition) is 1. The van der Waals surface area contributed by atoms with Crippen molar-refractivity contribution >= 4 is 18.1 Å². The number of rotatable bonds is 9. The number of aryl methyl sites for hydroxylation is 1. The van der Waals surface area contributed by atoms with Crippen LogP contribution in [0.15, 0.2) is 71.1 Å². The quantitative estimate of drug-likeness (QED) is 0.520. The fourth-order valence-electron chi connectivity index (χ4n) is 3.01. The molecule has 0 saturated carbocycles. The first kappa shape index (κ1) is 19.6. The molecule has 0 radical (unpaired) electrons. The third-order valence-electron chi connectivity index (χ3n) is 4.47. The number of furan rings is 1. The number of carboxylic acids is 1. The molecule has 1 N–H and O–H groups in total. The molecule has 4 nitrogen and oxygen atoms in total. The Morgan fingerprint density at radius 2 is 1.61 bits per heavy atom. The van der Waals surface area contributed by atoms with E-state index in [1.807, 2.05) is 37.3 Å². The Morgan fingerprint density at radius 3 is 2.21 bits per heavy atom. The highest BCUT2D eigenvalue weighted by Crippen LogP contribution is 2.15. The van der Waals surface area contributed by atoms with E-state index < -0.39 is 5.97 Å². The summed E-state index contributed by atoms with van der Waals surface area (Å²) in [6, 6.07) is 22.4. The lowest BCUT2D eigenvalue weighted by Gasteiger charge is -2.20. The first-order valence-electron chi connectivity index (χ1n) is 9.40. The van der Waals surface area contributed by atoms with Crippen LogP contribution in [-0.4, -0.2) is 22.5 Å². The van der Waals surface area contributed by atoms with E-state index in [0.29, 0.717) is 19.6 Å². The summed E-state index contributed by atoms with van der Waals surface area (Å²) in [4.78, 5) is 13.1. The van der Waals surface area contributed by atoms with Gasteiger partial charge in [-0.1, -0.05) is 66.7 Å². The molecule has 0 bridgehead atoms. The molecule has 0 aliphatic heterocycles. The molecule has 0 aliphatic rings. The normalized spacial score (nSPS) is 11.4. The number of hydrogen-bond acceptors (Lipinski definition) is 3. The van der Waals surface area contributed by atoms with Crippen LogP contribution < -0.4 is 0 Å². The second kappa shape index (κ2) is 9.72. The van der Waals surface area contributed by atoms with Gasteiger partial charge in [0.2, 0.25) is 0 Å². The van der Waals surface area contributed by atoms with Gasteiger partial charge in [0.05, 0.1) is 13.0 Å². The van der Waals surface area contributed by atoms with Crippen LogP contribution in [0.3, 0.4) is 0 Å². The number of carboxylic acid groups (broad SMARTS) is 1. The largest absolute Gasteiger partial charge is 0.481 e. The molecule has 4 heteroatoms. The molecule has 0 saturated heterocycles. The van der Waals surface area contributed by atoms with Crippen molar-refractivity contribution in [3.05, 3.63) is 94.9 Å². The van der Waals surface area contributed by atoms with Crippen molar-refractivity contribution in [1.29, 1.82) is 0 Å². The van der Waals surface area contributed by atoms with Gasteiger partial charge in [-0.15, -0.1) is 0 Å². The summed E-state index contributed by atoms with van der Waals surface area (Å²) in [5.41, 5.74) is 3.44. The highest BCUT2D eigenvalue weighted by Gasteiger charge is 2.11. The van der Waals surface area contributed by atoms with E-state index in [1.54, 1.807) is 0 Å². The third kappa shape index (κ3) is 6.25. The predicted molar refractivity (Wildman–Crippen MR) is 112 cm³/mol. The van der Waals surface area contributed by atoms with Crippen molar-refractivity contribution in [3.63, 3.8) is 0 Å². The minimum Gasteiger partial charge on any atom is -0.481 e. The van der Waals surface area contributed by atoms with Crippen molar-refractivity contribution in [2.45, 2.75) is 26.4 Å². The molecule has 1 heterocycles. The minimum atomic E-state index is -0.790. The Kier molecular flexibility index (Phi) is 6.82. The molecule has 0 unspecified atom stereocenters. The number of nitrogens with zero attached hydrogens (tertiary/aromatic N) is 1. The molecular formula is C24H25NO3. The molecular weight excluding hydrogens is 350 g/mol. The van der Waals surface area contributed by atoms with E-state index in [1.165, 1.54) is 5.56 Å². The van der Waals surface area contributed by atoms with Crippen LogP contribution in [0, 0.1) is 6.92 Å². The summed E-state index contributed by atoms with van der Waals surface area (Å²) in [7, 11) is 0. The molecule has 28 heavy (non-hydrogen) atoms. The highest BCUT2D eigenvalue weighted by atomic mass is 16.4. The predicted octanol–water partition coefficient (Wildman–Crippen LogP) is 5.24. The van der Waals surface area contributed by atoms with Gasteiger partial charge in [-0.2, -0.15) is 0 Å². The molecule has 144 valence electrons. The van der Waals surface area contributed by atoms with Crippen LogP contribution in [0.1, 0.15) is 34.6 Å². The van der Waals surface area contributed by atoms with Gasteiger partial charge in [-0.3, -0.25) is 9.69 Å². The topological polar surface area (TPSA) is 53.7 Å². The van der Waals surface area contributed by atoms with Crippen molar-refractivity contribution in [2.75, 3.05) is 6.54 Å². The fraction of sp³-hybridized carbons (Fsp3) is 0.208. The molecule has 3 aromatic rings. The van der Waals surface area contributed by atoms with Crippen LogP contribution in [-0.2, 0) is 17.9 Å². The van der Waals surface area contributed by atoms with Crippen molar-refractivity contribution in [2.24, 2.45) is 0 Å².